The summed E-state index contributed by atoms with van der Waals surface area (Å²) in [5.41, 5.74) is 1.15. The lowest BCUT2D eigenvalue weighted by Gasteiger charge is -2.11. The standard InChI is InChI=1S/C12H16N4S/c1-3-5-11-15-12(17-16-11)14-9(2)10-6-4-7-13-8-10/h4,6-9H,3,5H2,1-2H3,(H,14,15,16). The molecule has 2 aromatic heterocycles. The normalized spacial score (nSPS) is 12.4. The maximum absolute atomic E-state index is 4.44. The van der Waals surface area contributed by atoms with E-state index in [4.69, 9.17) is 0 Å². The molecular formula is C12H16N4S. The third-order valence-electron chi connectivity index (χ3n) is 2.47. The predicted molar refractivity (Wildman–Crippen MR) is 70.2 cm³/mol. The van der Waals surface area contributed by atoms with Crippen molar-refractivity contribution in [1.29, 1.82) is 0 Å². The molecule has 0 saturated carbocycles. The topological polar surface area (TPSA) is 50.7 Å². The zero-order valence-corrected chi connectivity index (χ0v) is 10.9. The largest absolute Gasteiger partial charge is 0.354 e. The van der Waals surface area contributed by atoms with E-state index in [1.165, 1.54) is 11.5 Å². The summed E-state index contributed by atoms with van der Waals surface area (Å²) in [7, 11) is 0. The average Bonchev–Trinajstić information content (AvgIpc) is 2.78. The molecular weight excluding hydrogens is 232 g/mol. The van der Waals surface area contributed by atoms with Gasteiger partial charge < -0.3 is 5.32 Å². The van der Waals surface area contributed by atoms with E-state index in [2.05, 4.69) is 39.6 Å². The first-order chi connectivity index (χ1) is 8.29. The van der Waals surface area contributed by atoms with Crippen LogP contribution in [0.25, 0.3) is 0 Å². The summed E-state index contributed by atoms with van der Waals surface area (Å²) in [6, 6.07) is 4.19. The van der Waals surface area contributed by atoms with Crippen LogP contribution in [0.3, 0.4) is 0 Å². The van der Waals surface area contributed by atoms with E-state index in [0.29, 0.717) is 0 Å². The highest BCUT2D eigenvalue weighted by Gasteiger charge is 2.08. The number of rotatable bonds is 5. The quantitative estimate of drug-likeness (QED) is 0.883. The first-order valence-corrected chi connectivity index (χ1v) is 6.56. The number of aromatic nitrogens is 3. The van der Waals surface area contributed by atoms with Gasteiger partial charge >= 0.3 is 0 Å². The van der Waals surface area contributed by atoms with E-state index in [9.17, 15) is 0 Å². The van der Waals surface area contributed by atoms with Gasteiger partial charge in [0.25, 0.3) is 0 Å². The summed E-state index contributed by atoms with van der Waals surface area (Å²) in [4.78, 5) is 8.55. The van der Waals surface area contributed by atoms with Crippen molar-refractivity contribution >= 4 is 16.7 Å². The molecule has 1 atom stereocenters. The van der Waals surface area contributed by atoms with Gasteiger partial charge in [-0.2, -0.15) is 4.37 Å². The van der Waals surface area contributed by atoms with Crippen LogP contribution in [0, 0.1) is 0 Å². The van der Waals surface area contributed by atoms with E-state index < -0.39 is 0 Å². The third-order valence-corrected chi connectivity index (χ3v) is 3.15. The highest BCUT2D eigenvalue weighted by Crippen LogP contribution is 2.20. The van der Waals surface area contributed by atoms with Gasteiger partial charge in [-0.1, -0.05) is 13.0 Å². The van der Waals surface area contributed by atoms with Crippen LogP contribution >= 0.6 is 11.5 Å². The summed E-state index contributed by atoms with van der Waals surface area (Å²) in [6.45, 7) is 4.23. The number of hydrogen-bond donors (Lipinski definition) is 1. The molecule has 5 heteroatoms. The van der Waals surface area contributed by atoms with E-state index in [0.717, 1.165) is 29.4 Å². The van der Waals surface area contributed by atoms with Crippen LogP contribution in [-0.4, -0.2) is 14.3 Å². The zero-order valence-electron chi connectivity index (χ0n) is 10.1. The van der Waals surface area contributed by atoms with Gasteiger partial charge in [-0.25, -0.2) is 4.98 Å². The van der Waals surface area contributed by atoms with Gasteiger partial charge in [0.15, 0.2) is 0 Å². The molecule has 0 bridgehead atoms. The molecule has 0 radical (unpaired) electrons. The van der Waals surface area contributed by atoms with E-state index in [1.54, 1.807) is 6.20 Å². The van der Waals surface area contributed by atoms with Crippen molar-refractivity contribution < 1.29 is 0 Å². The fourth-order valence-electron chi connectivity index (χ4n) is 1.54. The Kier molecular flexibility index (Phi) is 4.03. The second-order valence-corrected chi connectivity index (χ2v) is 4.67. The monoisotopic (exact) mass is 248 g/mol. The van der Waals surface area contributed by atoms with Gasteiger partial charge in [0.05, 0.1) is 6.04 Å². The molecule has 0 aliphatic heterocycles. The Morgan fingerprint density at radius 2 is 2.35 bits per heavy atom. The lowest BCUT2D eigenvalue weighted by atomic mass is 10.1. The SMILES string of the molecule is CCCc1nsc(NC(C)c2cccnc2)n1. The Morgan fingerprint density at radius 3 is 3.06 bits per heavy atom. The van der Waals surface area contributed by atoms with Crippen LogP contribution in [0.15, 0.2) is 24.5 Å². The van der Waals surface area contributed by atoms with Crippen LogP contribution in [0.1, 0.15) is 37.7 Å². The Labute approximate surface area is 105 Å². The summed E-state index contributed by atoms with van der Waals surface area (Å²) in [6.07, 6.45) is 5.67. The van der Waals surface area contributed by atoms with E-state index in [-0.39, 0.29) is 6.04 Å². The summed E-state index contributed by atoms with van der Waals surface area (Å²) in [5.74, 6) is 0.929. The minimum absolute atomic E-state index is 0.200. The Morgan fingerprint density at radius 1 is 1.47 bits per heavy atom. The molecule has 1 N–H and O–H groups in total. The molecule has 2 heterocycles. The van der Waals surface area contributed by atoms with E-state index >= 15 is 0 Å². The van der Waals surface area contributed by atoms with Gasteiger partial charge in [-0.05, 0) is 25.0 Å². The average molecular weight is 248 g/mol. The first-order valence-electron chi connectivity index (χ1n) is 5.78. The molecule has 0 aliphatic rings. The predicted octanol–water partition coefficient (Wildman–Crippen LogP) is 3.06. The van der Waals surface area contributed by atoms with Crippen molar-refractivity contribution in [2.45, 2.75) is 32.7 Å². The van der Waals surface area contributed by atoms with Crippen LogP contribution in [-0.2, 0) is 6.42 Å². The molecule has 2 aromatic rings. The van der Waals surface area contributed by atoms with Crippen molar-refractivity contribution in [3.05, 3.63) is 35.9 Å². The molecule has 0 aromatic carbocycles. The summed E-state index contributed by atoms with van der Waals surface area (Å²) in [5, 5.41) is 4.22. The van der Waals surface area contributed by atoms with Crippen molar-refractivity contribution in [2.75, 3.05) is 5.32 Å². The summed E-state index contributed by atoms with van der Waals surface area (Å²) >= 11 is 1.42. The van der Waals surface area contributed by atoms with Crippen LogP contribution in [0.5, 0.6) is 0 Å². The van der Waals surface area contributed by atoms with Crippen molar-refractivity contribution in [3.8, 4) is 0 Å². The maximum Gasteiger partial charge on any atom is 0.203 e. The number of hydrogen-bond acceptors (Lipinski definition) is 5. The smallest absolute Gasteiger partial charge is 0.203 e. The molecule has 4 nitrogen and oxygen atoms in total. The lowest BCUT2D eigenvalue weighted by molar-refractivity contribution is 0.845. The molecule has 0 fully saturated rings. The Hall–Kier alpha value is -1.49. The van der Waals surface area contributed by atoms with Gasteiger partial charge in [0.1, 0.15) is 5.82 Å². The number of anilines is 1. The molecule has 0 saturated heterocycles. The van der Waals surface area contributed by atoms with Crippen LogP contribution < -0.4 is 5.32 Å². The van der Waals surface area contributed by atoms with Crippen molar-refractivity contribution in [2.24, 2.45) is 0 Å². The number of nitrogens with one attached hydrogen (secondary N) is 1. The maximum atomic E-state index is 4.44. The number of aryl methyl sites for hydroxylation is 1. The fourth-order valence-corrected chi connectivity index (χ4v) is 2.24. The van der Waals surface area contributed by atoms with Gasteiger partial charge in [0, 0.05) is 30.3 Å². The van der Waals surface area contributed by atoms with Crippen molar-refractivity contribution in [3.63, 3.8) is 0 Å². The van der Waals surface area contributed by atoms with Crippen LogP contribution in [0.4, 0.5) is 5.13 Å². The highest BCUT2D eigenvalue weighted by molar-refractivity contribution is 7.09. The molecule has 2 rings (SSSR count). The first kappa shape index (κ1) is 12.0. The second kappa shape index (κ2) is 5.72. The lowest BCUT2D eigenvalue weighted by Crippen LogP contribution is -2.06. The molecule has 1 unspecified atom stereocenters. The third kappa shape index (κ3) is 3.23. The Bertz CT molecular complexity index is 455. The molecule has 0 spiro atoms. The van der Waals surface area contributed by atoms with Crippen LogP contribution in [0.2, 0.25) is 0 Å². The number of nitrogens with zero attached hydrogens (tertiary/aromatic N) is 3. The van der Waals surface area contributed by atoms with Gasteiger partial charge in [-0.15, -0.1) is 0 Å². The fraction of sp³-hybridized carbons (Fsp3) is 0.417. The molecule has 90 valence electrons. The minimum atomic E-state index is 0.200. The van der Waals surface area contributed by atoms with E-state index in [1.807, 2.05) is 12.3 Å². The molecule has 0 aliphatic carbocycles. The zero-order chi connectivity index (χ0) is 12.1. The molecule has 0 amide bonds. The molecule has 17 heavy (non-hydrogen) atoms. The minimum Gasteiger partial charge on any atom is -0.354 e. The second-order valence-electron chi connectivity index (χ2n) is 3.92. The van der Waals surface area contributed by atoms with Crippen molar-refractivity contribution in [1.82, 2.24) is 14.3 Å². The Balaban J connectivity index is 2.00. The van der Waals surface area contributed by atoms with Gasteiger partial charge in [-0.3, -0.25) is 4.98 Å². The summed E-state index contributed by atoms with van der Waals surface area (Å²) < 4.78 is 4.31. The van der Waals surface area contributed by atoms with Gasteiger partial charge in [0.2, 0.25) is 5.13 Å². The number of pyridine rings is 1. The highest BCUT2D eigenvalue weighted by atomic mass is 32.1.